The first-order valence-corrected chi connectivity index (χ1v) is 11.2. The minimum absolute atomic E-state index is 0.0683. The summed E-state index contributed by atoms with van der Waals surface area (Å²) in [6, 6.07) is 21.8. The summed E-state index contributed by atoms with van der Waals surface area (Å²) >= 11 is 12.2. The van der Waals surface area contributed by atoms with Gasteiger partial charge >= 0.3 is 0 Å². The van der Waals surface area contributed by atoms with Crippen LogP contribution in [-0.2, 0) is 12.0 Å². The van der Waals surface area contributed by atoms with E-state index in [1.807, 2.05) is 47.4 Å². The van der Waals surface area contributed by atoms with Crippen LogP contribution in [0.2, 0.25) is 5.02 Å². The Morgan fingerprint density at radius 1 is 0.969 bits per heavy atom. The van der Waals surface area contributed by atoms with E-state index in [1.54, 1.807) is 14.2 Å². The molecule has 0 atom stereocenters. The number of hydrogen-bond acceptors (Lipinski definition) is 3. The van der Waals surface area contributed by atoms with E-state index in [4.69, 9.17) is 33.3 Å². The second-order valence-corrected chi connectivity index (χ2v) is 9.26. The van der Waals surface area contributed by atoms with Crippen molar-refractivity contribution in [1.82, 2.24) is 0 Å². The van der Waals surface area contributed by atoms with E-state index < -0.39 is 0 Å². The number of thiocarbonyl (C=S) groups is 1. The number of nitrogens with zero attached hydrogens (tertiary/aromatic N) is 1. The Hall–Kier alpha value is -2.76. The van der Waals surface area contributed by atoms with Crippen LogP contribution in [0.4, 0.5) is 11.4 Å². The lowest BCUT2D eigenvalue weighted by Gasteiger charge is -2.28. The largest absolute Gasteiger partial charge is 0.497 e. The van der Waals surface area contributed by atoms with Gasteiger partial charge in [-0.15, -0.1) is 0 Å². The third-order valence-electron chi connectivity index (χ3n) is 5.23. The number of rotatable bonds is 6. The summed E-state index contributed by atoms with van der Waals surface area (Å²) in [4.78, 5) is 2.04. The van der Waals surface area contributed by atoms with E-state index in [-0.39, 0.29) is 5.41 Å². The van der Waals surface area contributed by atoms with Gasteiger partial charge in [0.15, 0.2) is 5.11 Å². The predicted octanol–water partition coefficient (Wildman–Crippen LogP) is 7.06. The molecule has 0 radical (unpaired) electrons. The summed E-state index contributed by atoms with van der Waals surface area (Å²) in [5, 5.41) is 4.45. The van der Waals surface area contributed by atoms with Crippen molar-refractivity contribution in [2.75, 3.05) is 24.4 Å². The topological polar surface area (TPSA) is 33.7 Å². The summed E-state index contributed by atoms with van der Waals surface area (Å²) in [6.45, 7) is 7.11. The Morgan fingerprint density at radius 2 is 1.66 bits per heavy atom. The highest BCUT2D eigenvalue weighted by atomic mass is 35.5. The van der Waals surface area contributed by atoms with Crippen molar-refractivity contribution >= 4 is 40.3 Å². The van der Waals surface area contributed by atoms with Gasteiger partial charge in [0.25, 0.3) is 0 Å². The Balaban J connectivity index is 1.97. The SMILES string of the molecule is COc1ccc(CN(C(=S)Nc2ccccc2Cl)c2ccc(C(C)(C)C)cc2)c(OC)c1. The van der Waals surface area contributed by atoms with Gasteiger partial charge in [-0.3, -0.25) is 0 Å². The van der Waals surface area contributed by atoms with E-state index in [2.05, 4.69) is 50.4 Å². The zero-order valence-corrected chi connectivity index (χ0v) is 20.7. The molecule has 3 aromatic carbocycles. The highest BCUT2D eigenvalue weighted by Crippen LogP contribution is 2.30. The van der Waals surface area contributed by atoms with E-state index in [9.17, 15) is 0 Å². The van der Waals surface area contributed by atoms with Crippen molar-refractivity contribution in [2.24, 2.45) is 0 Å². The van der Waals surface area contributed by atoms with Crippen LogP contribution < -0.4 is 19.7 Å². The van der Waals surface area contributed by atoms with Gasteiger partial charge in [0.05, 0.1) is 31.5 Å². The monoisotopic (exact) mass is 468 g/mol. The molecule has 6 heteroatoms. The van der Waals surface area contributed by atoms with Crippen molar-refractivity contribution in [3.05, 3.63) is 82.9 Å². The van der Waals surface area contributed by atoms with Gasteiger partial charge < -0.3 is 19.7 Å². The molecule has 0 aliphatic carbocycles. The number of nitrogens with one attached hydrogen (secondary N) is 1. The molecule has 0 saturated carbocycles. The van der Waals surface area contributed by atoms with E-state index in [0.29, 0.717) is 16.7 Å². The lowest BCUT2D eigenvalue weighted by atomic mass is 9.87. The molecule has 3 aromatic rings. The third-order valence-corrected chi connectivity index (χ3v) is 5.88. The number of ether oxygens (including phenoxy) is 2. The molecular weight excluding hydrogens is 440 g/mol. The third kappa shape index (κ3) is 5.72. The quantitative estimate of drug-likeness (QED) is 0.391. The molecule has 168 valence electrons. The maximum Gasteiger partial charge on any atom is 0.178 e. The summed E-state index contributed by atoms with van der Waals surface area (Å²) in [5.74, 6) is 1.48. The first-order valence-electron chi connectivity index (χ1n) is 10.4. The number of benzene rings is 3. The van der Waals surface area contributed by atoms with Crippen LogP contribution in [0.5, 0.6) is 11.5 Å². The van der Waals surface area contributed by atoms with E-state index >= 15 is 0 Å². The Labute approximate surface area is 201 Å². The van der Waals surface area contributed by atoms with Gasteiger partial charge in [-0.25, -0.2) is 0 Å². The van der Waals surface area contributed by atoms with E-state index in [0.717, 1.165) is 28.4 Å². The molecule has 0 aliphatic rings. The summed E-state index contributed by atoms with van der Waals surface area (Å²) in [5.41, 5.74) is 4.04. The van der Waals surface area contributed by atoms with Gasteiger partial charge in [-0.05, 0) is 59.6 Å². The first kappa shape index (κ1) is 23.9. The fourth-order valence-corrected chi connectivity index (χ4v) is 3.78. The van der Waals surface area contributed by atoms with Crippen LogP contribution in [-0.4, -0.2) is 19.3 Å². The van der Waals surface area contributed by atoms with Crippen molar-refractivity contribution in [2.45, 2.75) is 32.7 Å². The molecule has 0 saturated heterocycles. The lowest BCUT2D eigenvalue weighted by Crippen LogP contribution is -2.34. The highest BCUT2D eigenvalue weighted by molar-refractivity contribution is 7.80. The maximum absolute atomic E-state index is 6.36. The number of methoxy groups -OCH3 is 2. The molecule has 0 amide bonds. The standard InChI is InChI=1S/C26H29ClN2O2S/c1-26(2,3)19-11-13-20(14-12-19)29(25(32)28-23-9-7-6-8-22(23)27)17-18-10-15-21(30-4)16-24(18)31-5/h6-16H,17H2,1-5H3,(H,28,32). The summed E-state index contributed by atoms with van der Waals surface area (Å²) in [7, 11) is 3.29. The zero-order valence-electron chi connectivity index (χ0n) is 19.1. The molecule has 4 nitrogen and oxygen atoms in total. The molecule has 0 aromatic heterocycles. The second-order valence-electron chi connectivity index (χ2n) is 8.47. The predicted molar refractivity (Wildman–Crippen MR) is 139 cm³/mol. The van der Waals surface area contributed by atoms with Gasteiger partial charge in [0.1, 0.15) is 11.5 Å². The fourth-order valence-electron chi connectivity index (χ4n) is 3.32. The molecule has 0 aliphatic heterocycles. The normalized spacial score (nSPS) is 11.1. The Kier molecular flexibility index (Phi) is 7.64. The summed E-state index contributed by atoms with van der Waals surface area (Å²) in [6.07, 6.45) is 0. The first-order chi connectivity index (χ1) is 15.2. The van der Waals surface area contributed by atoms with Crippen LogP contribution in [0, 0.1) is 0 Å². The van der Waals surface area contributed by atoms with Crippen LogP contribution in [0.3, 0.4) is 0 Å². The number of para-hydroxylation sites is 1. The molecule has 0 fully saturated rings. The molecule has 0 bridgehead atoms. The molecule has 0 spiro atoms. The smallest absolute Gasteiger partial charge is 0.178 e. The minimum Gasteiger partial charge on any atom is -0.497 e. The summed E-state index contributed by atoms with van der Waals surface area (Å²) < 4.78 is 11.0. The van der Waals surface area contributed by atoms with Gasteiger partial charge in [0, 0.05) is 17.3 Å². The number of anilines is 2. The molecule has 3 rings (SSSR count). The minimum atomic E-state index is 0.0683. The van der Waals surface area contributed by atoms with Gasteiger partial charge in [-0.1, -0.05) is 56.6 Å². The van der Waals surface area contributed by atoms with E-state index in [1.165, 1.54) is 5.56 Å². The highest BCUT2D eigenvalue weighted by Gasteiger charge is 2.19. The van der Waals surface area contributed by atoms with Crippen LogP contribution in [0.15, 0.2) is 66.7 Å². The Morgan fingerprint density at radius 3 is 2.25 bits per heavy atom. The van der Waals surface area contributed by atoms with Crippen molar-refractivity contribution in [3.63, 3.8) is 0 Å². The zero-order chi connectivity index (χ0) is 23.3. The molecule has 32 heavy (non-hydrogen) atoms. The second kappa shape index (κ2) is 10.2. The Bertz CT molecular complexity index is 1080. The van der Waals surface area contributed by atoms with Gasteiger partial charge in [-0.2, -0.15) is 0 Å². The molecular formula is C26H29ClN2O2S. The molecule has 1 N–H and O–H groups in total. The average Bonchev–Trinajstić information content (AvgIpc) is 2.78. The molecule has 0 unspecified atom stereocenters. The number of hydrogen-bond donors (Lipinski definition) is 1. The van der Waals surface area contributed by atoms with Crippen molar-refractivity contribution < 1.29 is 9.47 Å². The maximum atomic E-state index is 6.36. The van der Waals surface area contributed by atoms with Crippen molar-refractivity contribution in [1.29, 1.82) is 0 Å². The van der Waals surface area contributed by atoms with Crippen LogP contribution in [0.25, 0.3) is 0 Å². The average molecular weight is 469 g/mol. The molecule has 0 heterocycles. The van der Waals surface area contributed by atoms with Crippen LogP contribution in [0.1, 0.15) is 31.9 Å². The fraction of sp³-hybridized carbons (Fsp3) is 0.269. The van der Waals surface area contributed by atoms with Crippen molar-refractivity contribution in [3.8, 4) is 11.5 Å². The van der Waals surface area contributed by atoms with Gasteiger partial charge in [0.2, 0.25) is 0 Å². The number of halogens is 1. The van der Waals surface area contributed by atoms with Crippen LogP contribution >= 0.6 is 23.8 Å². The lowest BCUT2D eigenvalue weighted by molar-refractivity contribution is 0.391.